The third-order valence-corrected chi connectivity index (χ3v) is 3.48. The molecule has 1 aliphatic rings. The van der Waals surface area contributed by atoms with Crippen molar-refractivity contribution in [2.75, 3.05) is 19.0 Å². The molecule has 0 radical (unpaired) electrons. The number of halogens is 1. The smallest absolute Gasteiger partial charge is 0.407 e. The Morgan fingerprint density at radius 3 is 2.75 bits per heavy atom. The molecule has 92 valence electrons. The van der Waals surface area contributed by atoms with Crippen molar-refractivity contribution >= 4 is 27.8 Å². The zero-order valence-electron chi connectivity index (χ0n) is 9.19. The summed E-state index contributed by atoms with van der Waals surface area (Å²) in [4.78, 5) is 23.7. The molecule has 0 saturated carbocycles. The molecule has 0 aliphatic carbocycles. The lowest BCUT2D eigenvalue weighted by Crippen LogP contribution is -2.52. The van der Waals surface area contributed by atoms with E-state index in [9.17, 15) is 9.59 Å². The lowest BCUT2D eigenvalue weighted by Gasteiger charge is -2.38. The number of carbonyl (C=O) groups is 2. The van der Waals surface area contributed by atoms with Crippen molar-refractivity contribution in [2.45, 2.75) is 31.4 Å². The van der Waals surface area contributed by atoms with Crippen LogP contribution in [0.4, 0.5) is 4.79 Å². The van der Waals surface area contributed by atoms with Crippen LogP contribution in [-0.2, 0) is 9.53 Å². The van der Waals surface area contributed by atoms with E-state index in [1.807, 2.05) is 0 Å². The van der Waals surface area contributed by atoms with Gasteiger partial charge in [-0.05, 0) is 12.8 Å². The number of Topliss-reactive ketones (excluding diaryl/α,β-unsaturated/α-hetero) is 1. The van der Waals surface area contributed by atoms with Crippen molar-refractivity contribution in [1.29, 1.82) is 0 Å². The molecule has 1 amide bonds. The van der Waals surface area contributed by atoms with Crippen LogP contribution >= 0.6 is 15.9 Å². The maximum Gasteiger partial charge on any atom is 0.407 e. The first kappa shape index (κ1) is 13.4. The number of nitrogens with zero attached hydrogens (tertiary/aromatic N) is 1. The molecule has 5 nitrogen and oxygen atoms in total. The van der Waals surface area contributed by atoms with Crippen molar-refractivity contribution in [2.24, 2.45) is 0 Å². The number of methoxy groups -OCH3 is 1. The van der Waals surface area contributed by atoms with Crippen LogP contribution in [0.15, 0.2) is 0 Å². The minimum atomic E-state index is -0.978. The summed E-state index contributed by atoms with van der Waals surface area (Å²) in [5.74, 6) is 0.000185. The SMILES string of the molecule is COC1CCCN(C(=O)O)C1CC(=O)CBr. The Labute approximate surface area is 103 Å². The minimum absolute atomic E-state index is 0.000185. The van der Waals surface area contributed by atoms with Crippen molar-refractivity contribution in [1.82, 2.24) is 4.90 Å². The van der Waals surface area contributed by atoms with Crippen LogP contribution in [0, 0.1) is 0 Å². The number of alkyl halides is 1. The largest absolute Gasteiger partial charge is 0.465 e. The monoisotopic (exact) mass is 293 g/mol. The summed E-state index contributed by atoms with van der Waals surface area (Å²) in [6.07, 6.45) is 0.655. The molecule has 6 heteroatoms. The molecule has 0 aromatic rings. The number of ether oxygens (including phenoxy) is 1. The Morgan fingerprint density at radius 2 is 2.25 bits per heavy atom. The van der Waals surface area contributed by atoms with Gasteiger partial charge in [0.25, 0.3) is 0 Å². The number of carboxylic acid groups (broad SMARTS) is 1. The molecule has 1 aliphatic heterocycles. The summed E-state index contributed by atoms with van der Waals surface area (Å²) in [5.41, 5.74) is 0. The molecule has 1 fully saturated rings. The molecule has 1 N–H and O–H groups in total. The second kappa shape index (κ2) is 6.20. The van der Waals surface area contributed by atoms with Gasteiger partial charge >= 0.3 is 6.09 Å². The van der Waals surface area contributed by atoms with E-state index in [1.165, 1.54) is 4.90 Å². The molecule has 16 heavy (non-hydrogen) atoms. The summed E-state index contributed by atoms with van der Waals surface area (Å²) in [5, 5.41) is 9.31. The van der Waals surface area contributed by atoms with Crippen LogP contribution in [0.5, 0.6) is 0 Å². The first-order valence-electron chi connectivity index (χ1n) is 5.20. The Balaban J connectivity index is 2.74. The number of hydrogen-bond donors (Lipinski definition) is 1. The zero-order chi connectivity index (χ0) is 12.1. The molecule has 0 aromatic carbocycles. The molecular formula is C10H16BrNO4. The highest BCUT2D eigenvalue weighted by molar-refractivity contribution is 9.09. The molecule has 0 bridgehead atoms. The van der Waals surface area contributed by atoms with E-state index in [0.29, 0.717) is 6.54 Å². The van der Waals surface area contributed by atoms with E-state index in [1.54, 1.807) is 7.11 Å². The average Bonchev–Trinajstić information content (AvgIpc) is 2.28. The van der Waals surface area contributed by atoms with Crippen molar-refractivity contribution in [3.63, 3.8) is 0 Å². The summed E-state index contributed by atoms with van der Waals surface area (Å²) >= 11 is 3.08. The number of amides is 1. The van der Waals surface area contributed by atoms with Crippen LogP contribution in [0.2, 0.25) is 0 Å². The predicted molar refractivity (Wildman–Crippen MR) is 62.0 cm³/mol. The summed E-state index contributed by atoms with van der Waals surface area (Å²) in [6.45, 7) is 0.482. The maximum atomic E-state index is 11.4. The third kappa shape index (κ3) is 3.18. The van der Waals surface area contributed by atoms with Crippen LogP contribution in [-0.4, -0.2) is 53.0 Å². The van der Waals surface area contributed by atoms with E-state index in [-0.39, 0.29) is 29.7 Å². The average molecular weight is 294 g/mol. The van der Waals surface area contributed by atoms with Gasteiger partial charge in [0.2, 0.25) is 0 Å². The normalized spacial score (nSPS) is 25.5. The molecule has 2 atom stereocenters. The fourth-order valence-electron chi connectivity index (χ4n) is 2.06. The molecule has 1 saturated heterocycles. The Morgan fingerprint density at radius 1 is 1.56 bits per heavy atom. The van der Waals surface area contributed by atoms with Gasteiger partial charge in [0.15, 0.2) is 0 Å². The highest BCUT2D eigenvalue weighted by Gasteiger charge is 2.35. The minimum Gasteiger partial charge on any atom is -0.465 e. The third-order valence-electron chi connectivity index (χ3n) is 2.85. The van der Waals surface area contributed by atoms with Gasteiger partial charge in [-0.25, -0.2) is 4.79 Å². The quantitative estimate of drug-likeness (QED) is 0.798. The van der Waals surface area contributed by atoms with Gasteiger partial charge in [0, 0.05) is 20.1 Å². The number of piperidine rings is 1. The van der Waals surface area contributed by atoms with Crippen LogP contribution in [0.25, 0.3) is 0 Å². The van der Waals surface area contributed by atoms with Gasteiger partial charge in [-0.3, -0.25) is 4.79 Å². The second-order valence-electron chi connectivity index (χ2n) is 3.84. The molecular weight excluding hydrogens is 278 g/mol. The number of hydrogen-bond acceptors (Lipinski definition) is 3. The van der Waals surface area contributed by atoms with Gasteiger partial charge in [-0.1, -0.05) is 15.9 Å². The van der Waals surface area contributed by atoms with Gasteiger partial charge in [-0.2, -0.15) is 0 Å². The number of carbonyl (C=O) groups excluding carboxylic acids is 1. The molecule has 0 aromatic heterocycles. The highest BCUT2D eigenvalue weighted by Crippen LogP contribution is 2.23. The Hall–Kier alpha value is -0.620. The molecule has 1 heterocycles. The maximum absolute atomic E-state index is 11.4. The predicted octanol–water partition coefficient (Wildman–Crippen LogP) is 1.50. The van der Waals surface area contributed by atoms with Crippen LogP contribution in [0.3, 0.4) is 0 Å². The fraction of sp³-hybridized carbons (Fsp3) is 0.800. The zero-order valence-corrected chi connectivity index (χ0v) is 10.8. The van der Waals surface area contributed by atoms with E-state index in [0.717, 1.165) is 12.8 Å². The van der Waals surface area contributed by atoms with Crippen molar-refractivity contribution in [3.8, 4) is 0 Å². The topological polar surface area (TPSA) is 66.8 Å². The van der Waals surface area contributed by atoms with Gasteiger partial charge in [0.1, 0.15) is 5.78 Å². The summed E-state index contributed by atoms with van der Waals surface area (Å²) in [7, 11) is 1.56. The highest BCUT2D eigenvalue weighted by atomic mass is 79.9. The molecule has 2 unspecified atom stereocenters. The van der Waals surface area contributed by atoms with Crippen LogP contribution in [0.1, 0.15) is 19.3 Å². The molecule has 0 spiro atoms. The van der Waals surface area contributed by atoms with Gasteiger partial charge < -0.3 is 14.7 Å². The lowest BCUT2D eigenvalue weighted by molar-refractivity contribution is -0.119. The molecule has 1 rings (SSSR count). The Kier molecular flexibility index (Phi) is 5.21. The van der Waals surface area contributed by atoms with E-state index >= 15 is 0 Å². The first-order chi connectivity index (χ1) is 7.60. The second-order valence-corrected chi connectivity index (χ2v) is 4.40. The number of rotatable bonds is 4. The van der Waals surface area contributed by atoms with Crippen molar-refractivity contribution in [3.05, 3.63) is 0 Å². The lowest BCUT2D eigenvalue weighted by atomic mass is 9.95. The number of ketones is 1. The van der Waals surface area contributed by atoms with Gasteiger partial charge in [0.05, 0.1) is 17.5 Å². The Bertz CT molecular complexity index is 272. The van der Waals surface area contributed by atoms with E-state index in [4.69, 9.17) is 9.84 Å². The summed E-state index contributed by atoms with van der Waals surface area (Å²) in [6, 6.07) is -0.346. The number of likely N-dealkylation sites (tertiary alicyclic amines) is 1. The van der Waals surface area contributed by atoms with Crippen LogP contribution < -0.4 is 0 Å². The van der Waals surface area contributed by atoms with Gasteiger partial charge in [-0.15, -0.1) is 0 Å². The first-order valence-corrected chi connectivity index (χ1v) is 6.32. The standard InChI is InChI=1S/C10H16BrNO4/c1-16-9-3-2-4-12(10(14)15)8(9)5-7(13)6-11/h8-9H,2-6H2,1H3,(H,14,15). The van der Waals surface area contributed by atoms with Crippen molar-refractivity contribution < 1.29 is 19.4 Å². The van der Waals surface area contributed by atoms with E-state index in [2.05, 4.69) is 15.9 Å². The van der Waals surface area contributed by atoms with E-state index < -0.39 is 6.09 Å². The fourth-order valence-corrected chi connectivity index (χ4v) is 2.29. The summed E-state index contributed by atoms with van der Waals surface area (Å²) < 4.78 is 5.26.